The summed E-state index contributed by atoms with van der Waals surface area (Å²) in [6.07, 6.45) is 1.35. The molecule has 0 fully saturated rings. The van der Waals surface area contributed by atoms with Crippen molar-refractivity contribution in [1.29, 1.82) is 0 Å². The third kappa shape index (κ3) is 5.30. The van der Waals surface area contributed by atoms with Crippen LogP contribution in [0.5, 0.6) is 11.5 Å². The minimum Gasteiger partial charge on any atom is -0.507 e. The van der Waals surface area contributed by atoms with Gasteiger partial charge in [0.05, 0.1) is 26.4 Å². The van der Waals surface area contributed by atoms with Gasteiger partial charge in [-0.1, -0.05) is 0 Å². The fourth-order valence-corrected chi connectivity index (χ4v) is 3.13. The molecule has 0 bridgehead atoms. The van der Waals surface area contributed by atoms with Crippen LogP contribution in [0.4, 0.5) is 0 Å². The van der Waals surface area contributed by atoms with Crippen LogP contribution in [-0.2, 0) is 44.1 Å². The molecule has 152 valence electrons. The average Bonchev–Trinajstić information content (AvgIpc) is 2.71. The number of aliphatic hydroxyl groups is 4. The van der Waals surface area contributed by atoms with E-state index in [4.69, 9.17) is 0 Å². The van der Waals surface area contributed by atoms with E-state index in [0.29, 0.717) is 35.1 Å². The number of hydrogen-bond donors (Lipinski definition) is 6. The highest BCUT2D eigenvalue weighted by molar-refractivity contribution is 5.79. The number of benzene rings is 2. The molecule has 0 atom stereocenters. The van der Waals surface area contributed by atoms with E-state index in [1.807, 2.05) is 0 Å². The van der Waals surface area contributed by atoms with Gasteiger partial charge < -0.3 is 30.6 Å². The minimum atomic E-state index is -0.359. The molecule has 0 saturated carbocycles. The standard InChI is InChI=1S/C21H26O7/c22-9-15-5-13(6-16(10-23)20(15)27)1-3-19(26)4-2-14-7-17(11-24)21(28)18(8-14)12-25/h5-8,22-25,27-28H,1-4,9-12H2. The van der Waals surface area contributed by atoms with Gasteiger partial charge in [0.25, 0.3) is 0 Å². The zero-order valence-corrected chi connectivity index (χ0v) is 15.6. The fraction of sp³-hybridized carbons (Fsp3) is 0.381. The molecule has 0 heterocycles. The highest BCUT2D eigenvalue weighted by atomic mass is 16.3. The van der Waals surface area contributed by atoms with Gasteiger partial charge in [0.1, 0.15) is 17.3 Å². The van der Waals surface area contributed by atoms with Crippen LogP contribution in [0.15, 0.2) is 24.3 Å². The number of carbonyl (C=O) groups is 1. The smallest absolute Gasteiger partial charge is 0.133 e. The highest BCUT2D eigenvalue weighted by Crippen LogP contribution is 2.27. The van der Waals surface area contributed by atoms with Crippen molar-refractivity contribution in [3.8, 4) is 11.5 Å². The molecule has 0 aliphatic carbocycles. The molecular formula is C21H26O7. The Hall–Kier alpha value is -2.45. The number of phenols is 2. The number of ketones is 1. The van der Waals surface area contributed by atoms with Gasteiger partial charge in [0, 0.05) is 35.1 Å². The van der Waals surface area contributed by atoms with Gasteiger partial charge in [0.15, 0.2) is 0 Å². The number of aromatic hydroxyl groups is 2. The van der Waals surface area contributed by atoms with Gasteiger partial charge in [-0.15, -0.1) is 0 Å². The Morgan fingerprint density at radius 2 is 0.893 bits per heavy atom. The van der Waals surface area contributed by atoms with Crippen LogP contribution in [0.3, 0.4) is 0 Å². The summed E-state index contributed by atoms with van der Waals surface area (Å²) in [6.45, 7) is -1.44. The molecule has 6 N–H and O–H groups in total. The first kappa shape index (κ1) is 21.8. The van der Waals surface area contributed by atoms with E-state index in [-0.39, 0.29) is 56.6 Å². The van der Waals surface area contributed by atoms with E-state index >= 15 is 0 Å². The lowest BCUT2D eigenvalue weighted by atomic mass is 9.97. The summed E-state index contributed by atoms with van der Waals surface area (Å²) < 4.78 is 0. The molecule has 2 rings (SSSR count). The van der Waals surface area contributed by atoms with Crippen LogP contribution in [0.2, 0.25) is 0 Å². The van der Waals surface area contributed by atoms with Crippen molar-refractivity contribution in [1.82, 2.24) is 0 Å². The average molecular weight is 390 g/mol. The number of hydrogen-bond acceptors (Lipinski definition) is 7. The van der Waals surface area contributed by atoms with Crippen molar-refractivity contribution in [2.45, 2.75) is 52.1 Å². The molecule has 0 spiro atoms. The van der Waals surface area contributed by atoms with E-state index in [1.165, 1.54) is 0 Å². The van der Waals surface area contributed by atoms with Crippen molar-refractivity contribution in [3.63, 3.8) is 0 Å². The Kier molecular flexibility index (Phi) is 7.95. The second-order valence-electron chi connectivity index (χ2n) is 6.70. The summed E-state index contributed by atoms with van der Waals surface area (Å²) in [5.74, 6) is -0.257. The predicted octanol–water partition coefficient (Wildman–Crippen LogP) is 1.20. The lowest BCUT2D eigenvalue weighted by molar-refractivity contribution is -0.119. The van der Waals surface area contributed by atoms with Crippen LogP contribution in [0.25, 0.3) is 0 Å². The maximum Gasteiger partial charge on any atom is 0.133 e. The van der Waals surface area contributed by atoms with Gasteiger partial charge in [-0.3, -0.25) is 4.79 Å². The first-order valence-electron chi connectivity index (χ1n) is 9.05. The van der Waals surface area contributed by atoms with Gasteiger partial charge in [-0.05, 0) is 48.2 Å². The highest BCUT2D eigenvalue weighted by Gasteiger charge is 2.12. The normalized spacial score (nSPS) is 11.0. The first-order chi connectivity index (χ1) is 13.4. The Balaban J connectivity index is 1.99. The molecule has 0 aromatic heterocycles. The van der Waals surface area contributed by atoms with Gasteiger partial charge in [0.2, 0.25) is 0 Å². The second kappa shape index (κ2) is 10.2. The second-order valence-corrected chi connectivity index (χ2v) is 6.70. The molecule has 0 saturated heterocycles. The van der Waals surface area contributed by atoms with Crippen LogP contribution in [-0.4, -0.2) is 36.4 Å². The number of aliphatic hydroxyl groups excluding tert-OH is 4. The number of rotatable bonds is 10. The molecule has 0 radical (unpaired) electrons. The lowest BCUT2D eigenvalue weighted by Gasteiger charge is -2.11. The fourth-order valence-electron chi connectivity index (χ4n) is 3.13. The van der Waals surface area contributed by atoms with Crippen molar-refractivity contribution in [3.05, 3.63) is 57.6 Å². The summed E-state index contributed by atoms with van der Waals surface area (Å²) in [7, 11) is 0. The zero-order valence-electron chi connectivity index (χ0n) is 15.6. The van der Waals surface area contributed by atoms with Gasteiger partial charge >= 0.3 is 0 Å². The van der Waals surface area contributed by atoms with Crippen molar-refractivity contribution in [2.24, 2.45) is 0 Å². The Morgan fingerprint density at radius 3 is 1.14 bits per heavy atom. The summed E-state index contributed by atoms with van der Waals surface area (Å²) in [6, 6.07) is 6.46. The zero-order chi connectivity index (χ0) is 20.7. The summed E-state index contributed by atoms with van der Waals surface area (Å²) in [5, 5.41) is 56.9. The SMILES string of the molecule is O=C(CCc1cc(CO)c(O)c(CO)c1)CCc1cc(CO)c(O)c(CO)c1. The molecule has 7 nitrogen and oxygen atoms in total. The minimum absolute atomic E-state index is 0.00773. The van der Waals surface area contributed by atoms with Crippen LogP contribution in [0, 0.1) is 0 Å². The molecular weight excluding hydrogens is 364 g/mol. The molecule has 28 heavy (non-hydrogen) atoms. The molecule has 0 amide bonds. The predicted molar refractivity (Wildman–Crippen MR) is 102 cm³/mol. The molecule has 2 aromatic rings. The maximum absolute atomic E-state index is 12.2. The summed E-state index contributed by atoms with van der Waals surface area (Å²) in [5.41, 5.74) is 2.73. The lowest BCUT2D eigenvalue weighted by Crippen LogP contribution is -2.04. The van der Waals surface area contributed by atoms with Crippen LogP contribution in [0.1, 0.15) is 46.2 Å². The van der Waals surface area contributed by atoms with E-state index in [2.05, 4.69) is 0 Å². The Morgan fingerprint density at radius 1 is 0.607 bits per heavy atom. The third-order valence-electron chi connectivity index (χ3n) is 4.72. The van der Waals surface area contributed by atoms with E-state index < -0.39 is 0 Å². The van der Waals surface area contributed by atoms with Gasteiger partial charge in [-0.2, -0.15) is 0 Å². The first-order valence-corrected chi connectivity index (χ1v) is 9.05. The van der Waals surface area contributed by atoms with Crippen molar-refractivity contribution in [2.75, 3.05) is 0 Å². The molecule has 2 aromatic carbocycles. The Labute approximate surface area is 163 Å². The number of Topliss-reactive ketones (excluding diaryl/α,β-unsaturated/α-hetero) is 1. The van der Waals surface area contributed by atoms with E-state index in [1.54, 1.807) is 24.3 Å². The quantitative estimate of drug-likeness (QED) is 0.358. The molecule has 0 unspecified atom stereocenters. The monoisotopic (exact) mass is 390 g/mol. The van der Waals surface area contributed by atoms with Crippen LogP contribution < -0.4 is 0 Å². The molecule has 0 aliphatic heterocycles. The summed E-state index contributed by atoms with van der Waals surface area (Å²) >= 11 is 0. The van der Waals surface area contributed by atoms with E-state index in [0.717, 1.165) is 11.1 Å². The number of aryl methyl sites for hydroxylation is 2. The molecule has 7 heteroatoms. The maximum atomic E-state index is 12.2. The topological polar surface area (TPSA) is 138 Å². The van der Waals surface area contributed by atoms with Crippen molar-refractivity contribution >= 4 is 5.78 Å². The van der Waals surface area contributed by atoms with Gasteiger partial charge in [-0.25, -0.2) is 0 Å². The Bertz CT molecular complexity index is 712. The molecule has 0 aliphatic rings. The van der Waals surface area contributed by atoms with E-state index in [9.17, 15) is 35.4 Å². The third-order valence-corrected chi connectivity index (χ3v) is 4.72. The largest absolute Gasteiger partial charge is 0.507 e. The van der Waals surface area contributed by atoms with Crippen LogP contribution >= 0.6 is 0 Å². The summed E-state index contributed by atoms with van der Waals surface area (Å²) in [4.78, 5) is 12.2. The number of carbonyl (C=O) groups excluding carboxylic acids is 1. The van der Waals surface area contributed by atoms with Crippen molar-refractivity contribution < 1.29 is 35.4 Å².